The van der Waals surface area contributed by atoms with E-state index in [9.17, 15) is 4.79 Å². The molecule has 2 rings (SSSR count). The second kappa shape index (κ2) is 7.82. The molecule has 2 aromatic rings. The molecule has 0 aliphatic heterocycles. The summed E-state index contributed by atoms with van der Waals surface area (Å²) in [5, 5.41) is 0. The normalized spacial score (nSPS) is 10.3. The van der Waals surface area contributed by atoms with Crippen molar-refractivity contribution in [1.82, 2.24) is 0 Å². The van der Waals surface area contributed by atoms with Gasteiger partial charge in [-0.15, -0.1) is 0 Å². The maximum Gasteiger partial charge on any atom is 0.120 e. The molecule has 0 fully saturated rings. The summed E-state index contributed by atoms with van der Waals surface area (Å²) in [6.07, 6.45) is 2.01. The number of carbonyl (C=O) groups is 1. The lowest BCUT2D eigenvalue weighted by Gasteiger charge is -2.30. The summed E-state index contributed by atoms with van der Waals surface area (Å²) < 4.78 is 5.37. The Kier molecular flexibility index (Phi) is 5.80. The van der Waals surface area contributed by atoms with Crippen LogP contribution in [-0.4, -0.2) is 13.4 Å². The largest absolute Gasteiger partial charge is 0.497 e. The standard InChI is InChI=1S/C21H25NO2/c1-15-12-16(2)21(17(3)13-15)22(18(4)8-7-11-23)19-9-6-10-20(14-19)24-5/h6,9-14H,4,7-8H2,1-3,5H3. The summed E-state index contributed by atoms with van der Waals surface area (Å²) in [7, 11) is 1.66. The molecule has 0 N–H and O–H groups in total. The number of allylic oxidation sites excluding steroid dienone is 1. The minimum absolute atomic E-state index is 0.462. The zero-order valence-electron chi connectivity index (χ0n) is 14.9. The lowest BCUT2D eigenvalue weighted by Crippen LogP contribution is -2.18. The first kappa shape index (κ1) is 17.8. The molecule has 0 amide bonds. The van der Waals surface area contributed by atoms with Crippen molar-refractivity contribution >= 4 is 17.7 Å². The van der Waals surface area contributed by atoms with Crippen molar-refractivity contribution in [3.63, 3.8) is 0 Å². The summed E-state index contributed by atoms with van der Waals surface area (Å²) in [5.74, 6) is 0.795. The van der Waals surface area contributed by atoms with E-state index < -0.39 is 0 Å². The van der Waals surface area contributed by atoms with Crippen LogP contribution in [0.4, 0.5) is 11.4 Å². The fourth-order valence-electron chi connectivity index (χ4n) is 3.08. The molecular formula is C21H25NO2. The Labute approximate surface area is 144 Å². The molecule has 0 spiro atoms. The minimum Gasteiger partial charge on any atom is -0.497 e. The van der Waals surface area contributed by atoms with Crippen LogP contribution in [0.25, 0.3) is 0 Å². The van der Waals surface area contributed by atoms with Gasteiger partial charge in [-0.05, 0) is 50.5 Å². The number of carbonyl (C=O) groups excluding carboxylic acids is 1. The fourth-order valence-corrected chi connectivity index (χ4v) is 3.08. The number of rotatable bonds is 7. The summed E-state index contributed by atoms with van der Waals surface area (Å²) >= 11 is 0. The third kappa shape index (κ3) is 3.85. The summed E-state index contributed by atoms with van der Waals surface area (Å²) in [6, 6.07) is 12.3. The van der Waals surface area contributed by atoms with Gasteiger partial charge < -0.3 is 14.4 Å². The molecule has 0 radical (unpaired) electrons. The molecule has 0 atom stereocenters. The summed E-state index contributed by atoms with van der Waals surface area (Å²) in [6.45, 7) is 10.5. The van der Waals surface area contributed by atoms with Gasteiger partial charge in [-0.3, -0.25) is 0 Å². The molecule has 3 heteroatoms. The van der Waals surface area contributed by atoms with Gasteiger partial charge >= 0.3 is 0 Å². The van der Waals surface area contributed by atoms with E-state index in [4.69, 9.17) is 4.74 Å². The van der Waals surface area contributed by atoms with E-state index in [2.05, 4.69) is 44.4 Å². The minimum atomic E-state index is 0.462. The van der Waals surface area contributed by atoms with Gasteiger partial charge in [0.25, 0.3) is 0 Å². The number of nitrogens with zero attached hydrogens (tertiary/aromatic N) is 1. The number of aldehydes is 1. The van der Waals surface area contributed by atoms with Gasteiger partial charge in [0.2, 0.25) is 0 Å². The van der Waals surface area contributed by atoms with Gasteiger partial charge in [0.05, 0.1) is 12.8 Å². The third-order valence-electron chi connectivity index (χ3n) is 4.04. The quantitative estimate of drug-likeness (QED) is 0.652. The van der Waals surface area contributed by atoms with Gasteiger partial charge in [-0.25, -0.2) is 0 Å². The Morgan fingerprint density at radius 3 is 2.42 bits per heavy atom. The van der Waals surface area contributed by atoms with Crippen molar-refractivity contribution in [2.75, 3.05) is 12.0 Å². The molecular weight excluding hydrogens is 298 g/mol. The van der Waals surface area contributed by atoms with Crippen LogP contribution in [0, 0.1) is 20.8 Å². The van der Waals surface area contributed by atoms with E-state index in [-0.39, 0.29) is 0 Å². The zero-order valence-corrected chi connectivity index (χ0v) is 14.9. The average molecular weight is 323 g/mol. The summed E-state index contributed by atoms with van der Waals surface area (Å²) in [4.78, 5) is 12.9. The van der Waals surface area contributed by atoms with E-state index in [1.807, 2.05) is 24.3 Å². The molecule has 0 heterocycles. The molecule has 0 aromatic heterocycles. The zero-order chi connectivity index (χ0) is 17.7. The second-order valence-corrected chi connectivity index (χ2v) is 6.06. The van der Waals surface area contributed by atoms with Gasteiger partial charge in [0, 0.05) is 23.9 Å². The highest BCUT2D eigenvalue weighted by molar-refractivity contribution is 5.75. The van der Waals surface area contributed by atoms with Crippen LogP contribution in [0.1, 0.15) is 29.5 Å². The Hall–Kier alpha value is -2.55. The first-order chi connectivity index (χ1) is 11.5. The Bertz CT molecular complexity index is 726. The van der Waals surface area contributed by atoms with Crippen molar-refractivity contribution < 1.29 is 9.53 Å². The Morgan fingerprint density at radius 1 is 1.17 bits per heavy atom. The number of benzene rings is 2. The van der Waals surface area contributed by atoms with Crippen LogP contribution >= 0.6 is 0 Å². The summed E-state index contributed by atoms with van der Waals surface area (Å²) in [5.41, 5.74) is 6.60. The smallest absolute Gasteiger partial charge is 0.120 e. The van der Waals surface area contributed by atoms with Crippen molar-refractivity contribution in [2.45, 2.75) is 33.6 Å². The highest BCUT2D eigenvalue weighted by Gasteiger charge is 2.18. The number of hydrogen-bond acceptors (Lipinski definition) is 3. The highest BCUT2D eigenvalue weighted by atomic mass is 16.5. The van der Waals surface area contributed by atoms with E-state index in [1.165, 1.54) is 16.7 Å². The molecule has 24 heavy (non-hydrogen) atoms. The molecule has 0 saturated heterocycles. The number of ether oxygens (including phenoxy) is 1. The predicted octanol–water partition coefficient (Wildman–Crippen LogP) is 5.25. The molecule has 0 aliphatic carbocycles. The van der Waals surface area contributed by atoms with Gasteiger partial charge in [-0.2, -0.15) is 0 Å². The maximum absolute atomic E-state index is 10.8. The number of aryl methyl sites for hydroxylation is 3. The van der Waals surface area contributed by atoms with Gasteiger partial charge in [-0.1, -0.05) is 30.3 Å². The first-order valence-corrected chi connectivity index (χ1v) is 8.11. The fraction of sp³-hybridized carbons (Fsp3) is 0.286. The number of hydrogen-bond donors (Lipinski definition) is 0. The number of anilines is 2. The molecule has 0 unspecified atom stereocenters. The average Bonchev–Trinajstić information content (AvgIpc) is 2.55. The maximum atomic E-state index is 10.8. The van der Waals surface area contributed by atoms with E-state index in [0.29, 0.717) is 12.8 Å². The SMILES string of the molecule is C=C(CCC=O)N(c1cccc(OC)c1)c1c(C)cc(C)cc1C. The van der Waals surface area contributed by atoms with E-state index in [0.717, 1.165) is 29.1 Å². The van der Waals surface area contributed by atoms with Crippen molar-refractivity contribution in [2.24, 2.45) is 0 Å². The van der Waals surface area contributed by atoms with Crippen LogP contribution in [0.2, 0.25) is 0 Å². The Balaban J connectivity index is 2.59. The molecule has 0 bridgehead atoms. The van der Waals surface area contributed by atoms with Crippen LogP contribution in [-0.2, 0) is 4.79 Å². The number of methoxy groups -OCH3 is 1. The van der Waals surface area contributed by atoms with Crippen LogP contribution in [0.3, 0.4) is 0 Å². The monoisotopic (exact) mass is 323 g/mol. The predicted molar refractivity (Wildman–Crippen MR) is 100 cm³/mol. The molecule has 126 valence electrons. The van der Waals surface area contributed by atoms with Crippen molar-refractivity contribution in [3.8, 4) is 5.75 Å². The molecule has 2 aromatic carbocycles. The lowest BCUT2D eigenvalue weighted by molar-refractivity contribution is -0.107. The first-order valence-electron chi connectivity index (χ1n) is 8.11. The highest BCUT2D eigenvalue weighted by Crippen LogP contribution is 2.37. The van der Waals surface area contributed by atoms with Crippen LogP contribution in [0.15, 0.2) is 48.7 Å². The van der Waals surface area contributed by atoms with E-state index >= 15 is 0 Å². The lowest BCUT2D eigenvalue weighted by atomic mass is 10.0. The van der Waals surface area contributed by atoms with Crippen molar-refractivity contribution in [1.29, 1.82) is 0 Å². The van der Waals surface area contributed by atoms with Crippen molar-refractivity contribution in [3.05, 3.63) is 65.4 Å². The topological polar surface area (TPSA) is 29.5 Å². The molecule has 0 saturated carbocycles. The van der Waals surface area contributed by atoms with Crippen LogP contribution in [0.5, 0.6) is 5.75 Å². The third-order valence-corrected chi connectivity index (χ3v) is 4.04. The van der Waals surface area contributed by atoms with Gasteiger partial charge in [0.1, 0.15) is 12.0 Å². The van der Waals surface area contributed by atoms with E-state index in [1.54, 1.807) is 7.11 Å². The van der Waals surface area contributed by atoms with Crippen LogP contribution < -0.4 is 9.64 Å². The Morgan fingerprint density at radius 2 is 1.83 bits per heavy atom. The second-order valence-electron chi connectivity index (χ2n) is 6.06. The molecule has 3 nitrogen and oxygen atoms in total. The molecule has 0 aliphatic rings. The van der Waals surface area contributed by atoms with Gasteiger partial charge in [0.15, 0.2) is 0 Å².